The van der Waals surface area contributed by atoms with Gasteiger partial charge >= 0.3 is 0 Å². The van der Waals surface area contributed by atoms with Gasteiger partial charge in [0, 0.05) is 0 Å². The molecule has 2 N–H and O–H groups in total. The molecule has 0 unspecified atom stereocenters. The molecular formula is C8H16O6S2. The first-order chi connectivity index (χ1) is 7.16. The van der Waals surface area contributed by atoms with E-state index < -0.39 is 20.2 Å². The van der Waals surface area contributed by atoms with Crippen molar-refractivity contribution in [2.45, 2.75) is 25.7 Å². The molecule has 0 radical (unpaired) electrons. The van der Waals surface area contributed by atoms with Crippen LogP contribution >= 0.6 is 0 Å². The average molecular weight is 272 g/mol. The molecule has 1 aliphatic carbocycles. The molecule has 0 aliphatic heterocycles. The Morgan fingerprint density at radius 1 is 0.750 bits per heavy atom. The summed E-state index contributed by atoms with van der Waals surface area (Å²) in [4.78, 5) is 0. The maximum absolute atomic E-state index is 10.6. The smallest absolute Gasteiger partial charge is 0.265 e. The summed E-state index contributed by atoms with van der Waals surface area (Å²) in [6.07, 6.45) is 2.28. The highest BCUT2D eigenvalue weighted by atomic mass is 32.2. The minimum atomic E-state index is -3.94. The van der Waals surface area contributed by atoms with E-state index in [9.17, 15) is 16.8 Å². The van der Waals surface area contributed by atoms with Crippen LogP contribution in [0, 0.1) is 11.8 Å². The third-order valence-corrected chi connectivity index (χ3v) is 4.64. The fraction of sp³-hybridized carbons (Fsp3) is 1.00. The van der Waals surface area contributed by atoms with Crippen LogP contribution in [0.3, 0.4) is 0 Å². The molecule has 8 heteroatoms. The molecule has 0 saturated heterocycles. The van der Waals surface area contributed by atoms with Crippen molar-refractivity contribution < 1.29 is 25.9 Å². The van der Waals surface area contributed by atoms with Gasteiger partial charge in [-0.05, 0) is 37.5 Å². The molecule has 0 spiro atoms. The molecular weight excluding hydrogens is 256 g/mol. The summed E-state index contributed by atoms with van der Waals surface area (Å²) in [6, 6.07) is 0. The highest BCUT2D eigenvalue weighted by molar-refractivity contribution is 7.86. The standard InChI is InChI=1S/C8H16O6S2/c9-15(10,11)5-7-1-2-8(4-3-7)6-16(12,13)14/h7-8H,1-6H2,(H,9,10,11)(H,12,13,14). The summed E-state index contributed by atoms with van der Waals surface area (Å²) < 4.78 is 59.8. The maximum Gasteiger partial charge on any atom is 0.265 e. The molecule has 0 atom stereocenters. The Labute approximate surface area is 95.5 Å². The van der Waals surface area contributed by atoms with Crippen LogP contribution in [0.4, 0.5) is 0 Å². The van der Waals surface area contributed by atoms with Crippen molar-refractivity contribution in [1.82, 2.24) is 0 Å². The molecule has 0 amide bonds. The fourth-order valence-electron chi connectivity index (χ4n) is 2.16. The summed E-state index contributed by atoms with van der Waals surface area (Å²) >= 11 is 0. The third kappa shape index (κ3) is 5.78. The van der Waals surface area contributed by atoms with E-state index in [0.717, 1.165) is 0 Å². The molecule has 0 aromatic heterocycles. The van der Waals surface area contributed by atoms with Crippen molar-refractivity contribution in [2.75, 3.05) is 11.5 Å². The quantitative estimate of drug-likeness (QED) is 0.724. The van der Waals surface area contributed by atoms with Gasteiger partial charge in [0.25, 0.3) is 20.2 Å². The first kappa shape index (κ1) is 13.9. The molecule has 1 saturated carbocycles. The summed E-state index contributed by atoms with van der Waals surface area (Å²) in [5.74, 6) is -0.725. The fourth-order valence-corrected chi connectivity index (χ4v) is 4.02. The van der Waals surface area contributed by atoms with Gasteiger partial charge in [-0.15, -0.1) is 0 Å². The van der Waals surface area contributed by atoms with E-state index in [0.29, 0.717) is 25.7 Å². The van der Waals surface area contributed by atoms with Crippen LogP contribution in [0.2, 0.25) is 0 Å². The van der Waals surface area contributed by atoms with E-state index in [1.807, 2.05) is 0 Å². The van der Waals surface area contributed by atoms with E-state index in [4.69, 9.17) is 9.11 Å². The van der Waals surface area contributed by atoms with Gasteiger partial charge in [0.05, 0.1) is 11.5 Å². The Hall–Kier alpha value is -0.180. The number of hydrogen-bond acceptors (Lipinski definition) is 4. The molecule has 1 aliphatic rings. The number of hydrogen-bond donors (Lipinski definition) is 2. The highest BCUT2D eigenvalue weighted by Crippen LogP contribution is 2.30. The molecule has 96 valence electrons. The van der Waals surface area contributed by atoms with Crippen LogP contribution in [0.15, 0.2) is 0 Å². The lowest BCUT2D eigenvalue weighted by atomic mass is 9.84. The normalized spacial score (nSPS) is 27.9. The van der Waals surface area contributed by atoms with E-state index in [-0.39, 0.29) is 23.3 Å². The Morgan fingerprint density at radius 2 is 1.00 bits per heavy atom. The lowest BCUT2D eigenvalue weighted by Gasteiger charge is -2.26. The Kier molecular flexibility index (Phi) is 4.33. The minimum Gasteiger partial charge on any atom is -0.286 e. The van der Waals surface area contributed by atoms with Crippen LogP contribution in [0.1, 0.15) is 25.7 Å². The zero-order valence-corrected chi connectivity index (χ0v) is 10.4. The van der Waals surface area contributed by atoms with Crippen molar-refractivity contribution in [3.05, 3.63) is 0 Å². The summed E-state index contributed by atoms with van der Waals surface area (Å²) in [5, 5.41) is 0. The molecule has 0 bridgehead atoms. The first-order valence-corrected chi connectivity index (χ1v) is 8.28. The van der Waals surface area contributed by atoms with Gasteiger partial charge in [-0.2, -0.15) is 16.8 Å². The van der Waals surface area contributed by atoms with Crippen LogP contribution < -0.4 is 0 Å². The first-order valence-electron chi connectivity index (χ1n) is 5.06. The lowest BCUT2D eigenvalue weighted by Crippen LogP contribution is -2.25. The van der Waals surface area contributed by atoms with E-state index in [1.165, 1.54) is 0 Å². The van der Waals surface area contributed by atoms with Crippen molar-refractivity contribution >= 4 is 20.2 Å². The predicted molar refractivity (Wildman–Crippen MR) is 58.3 cm³/mol. The van der Waals surface area contributed by atoms with Crippen molar-refractivity contribution in [2.24, 2.45) is 11.8 Å². The van der Waals surface area contributed by atoms with Gasteiger partial charge < -0.3 is 0 Å². The van der Waals surface area contributed by atoms with Gasteiger partial charge in [-0.1, -0.05) is 0 Å². The van der Waals surface area contributed by atoms with Crippen LogP contribution in [-0.4, -0.2) is 37.4 Å². The predicted octanol–water partition coefficient (Wildman–Crippen LogP) is 0.568. The van der Waals surface area contributed by atoms with Gasteiger partial charge in [0.15, 0.2) is 0 Å². The topological polar surface area (TPSA) is 109 Å². The van der Waals surface area contributed by atoms with Gasteiger partial charge in [-0.25, -0.2) is 0 Å². The van der Waals surface area contributed by atoms with Crippen molar-refractivity contribution in [3.63, 3.8) is 0 Å². The third-order valence-electron chi connectivity index (χ3n) is 2.86. The van der Waals surface area contributed by atoms with Crippen molar-refractivity contribution in [3.8, 4) is 0 Å². The molecule has 0 aromatic rings. The van der Waals surface area contributed by atoms with E-state index in [1.54, 1.807) is 0 Å². The zero-order valence-electron chi connectivity index (χ0n) is 8.74. The average Bonchev–Trinajstić information content (AvgIpc) is 2.03. The van der Waals surface area contributed by atoms with Gasteiger partial charge in [0.1, 0.15) is 0 Å². The monoisotopic (exact) mass is 272 g/mol. The molecule has 16 heavy (non-hydrogen) atoms. The van der Waals surface area contributed by atoms with Crippen LogP contribution in [0.25, 0.3) is 0 Å². The van der Waals surface area contributed by atoms with E-state index in [2.05, 4.69) is 0 Å². The molecule has 1 fully saturated rings. The molecule has 1 rings (SSSR count). The Morgan fingerprint density at radius 3 is 1.19 bits per heavy atom. The Bertz CT molecular complexity index is 373. The Balaban J connectivity index is 2.40. The van der Waals surface area contributed by atoms with Crippen LogP contribution in [-0.2, 0) is 20.2 Å². The summed E-state index contributed by atoms with van der Waals surface area (Å²) in [6.45, 7) is 0. The maximum atomic E-state index is 10.6. The second-order valence-corrected chi connectivity index (χ2v) is 7.38. The molecule has 6 nitrogen and oxygen atoms in total. The second kappa shape index (κ2) is 4.99. The highest BCUT2D eigenvalue weighted by Gasteiger charge is 2.26. The largest absolute Gasteiger partial charge is 0.286 e. The minimum absolute atomic E-state index is 0.104. The van der Waals surface area contributed by atoms with Gasteiger partial charge in [-0.3, -0.25) is 9.11 Å². The molecule has 0 heterocycles. The SMILES string of the molecule is O=S(=O)(O)CC1CCC(CS(=O)(=O)O)CC1. The summed E-state index contributed by atoms with van der Waals surface area (Å²) in [5.41, 5.74) is 0. The van der Waals surface area contributed by atoms with Crippen LogP contribution in [0.5, 0.6) is 0 Å². The van der Waals surface area contributed by atoms with E-state index >= 15 is 0 Å². The lowest BCUT2D eigenvalue weighted by molar-refractivity contribution is 0.301. The zero-order chi connectivity index (χ0) is 12.4. The molecule has 0 aromatic carbocycles. The number of rotatable bonds is 4. The second-order valence-electron chi connectivity index (χ2n) is 4.38. The summed E-state index contributed by atoms with van der Waals surface area (Å²) in [7, 11) is -7.89. The van der Waals surface area contributed by atoms with Crippen molar-refractivity contribution in [1.29, 1.82) is 0 Å². The van der Waals surface area contributed by atoms with Gasteiger partial charge in [0.2, 0.25) is 0 Å².